The second kappa shape index (κ2) is 5.24. The molecule has 0 unspecified atom stereocenters. The average molecular weight is 287 g/mol. The Bertz CT molecular complexity index is 488. The highest BCUT2D eigenvalue weighted by atomic mass is 19.4. The van der Waals surface area contributed by atoms with Crippen LogP contribution in [0.25, 0.3) is 0 Å². The van der Waals surface area contributed by atoms with Gasteiger partial charge in [0, 0.05) is 0 Å². The van der Waals surface area contributed by atoms with E-state index in [9.17, 15) is 26.7 Å². The van der Waals surface area contributed by atoms with Crippen molar-refractivity contribution in [2.45, 2.75) is 19.2 Å². The normalized spacial score (nSPS) is 11.7. The van der Waals surface area contributed by atoms with Crippen LogP contribution in [0.2, 0.25) is 0 Å². The lowest BCUT2D eigenvalue weighted by Crippen LogP contribution is -2.19. The first-order chi connectivity index (χ1) is 8.61. The third kappa shape index (κ3) is 3.93. The summed E-state index contributed by atoms with van der Waals surface area (Å²) in [7, 11) is 0. The number of hydrogen-bond acceptors (Lipinski definition) is 4. The van der Waals surface area contributed by atoms with Crippen LogP contribution in [-0.4, -0.2) is 27.5 Å². The molecule has 1 heterocycles. The Hall–Kier alpha value is -2.13. The highest BCUT2D eigenvalue weighted by Crippen LogP contribution is 2.40. The van der Waals surface area contributed by atoms with Crippen LogP contribution < -0.4 is 4.74 Å². The maximum absolute atomic E-state index is 12.7. The highest BCUT2D eigenvalue weighted by molar-refractivity contribution is 5.70. The molecule has 0 aliphatic carbocycles. The summed E-state index contributed by atoms with van der Waals surface area (Å²) < 4.78 is 64.8. The molecule has 1 aromatic heterocycles. The van der Waals surface area contributed by atoms with Crippen LogP contribution in [0.1, 0.15) is 17.7 Å². The molecule has 0 amide bonds. The van der Waals surface area contributed by atoms with E-state index in [1.165, 1.54) is 0 Å². The quantitative estimate of drug-likeness (QED) is 0.830. The largest absolute Gasteiger partial charge is 0.573 e. The predicted molar refractivity (Wildman–Crippen MR) is 48.9 cm³/mol. The maximum atomic E-state index is 12.7. The van der Waals surface area contributed by atoms with E-state index >= 15 is 0 Å². The highest BCUT2D eigenvalue weighted by Gasteiger charge is 2.36. The van der Waals surface area contributed by atoms with Crippen molar-refractivity contribution in [3.8, 4) is 11.5 Å². The molecular weight excluding hydrogens is 281 g/mol. The number of aromatic nitrogens is 1. The van der Waals surface area contributed by atoms with Crippen LogP contribution in [0.3, 0.4) is 0 Å². The van der Waals surface area contributed by atoms with Crippen molar-refractivity contribution in [2.75, 3.05) is 0 Å². The Morgan fingerprint density at radius 2 is 2.00 bits per heavy atom. The first-order valence-electron chi connectivity index (χ1n) is 4.58. The summed E-state index contributed by atoms with van der Waals surface area (Å²) in [5, 5.41) is 17.5. The molecule has 0 spiro atoms. The van der Waals surface area contributed by atoms with E-state index in [1.54, 1.807) is 0 Å². The SMILES string of the molecule is O=C(O)Cc1ncc(O)c(OC(F)(F)F)c1C(F)F. The molecule has 0 fully saturated rings. The van der Waals surface area contributed by atoms with Crippen molar-refractivity contribution in [1.29, 1.82) is 0 Å². The van der Waals surface area contributed by atoms with Crippen LogP contribution in [0.4, 0.5) is 22.0 Å². The number of nitrogens with zero attached hydrogens (tertiary/aromatic N) is 1. The lowest BCUT2D eigenvalue weighted by atomic mass is 10.1. The summed E-state index contributed by atoms with van der Waals surface area (Å²) in [4.78, 5) is 13.6. The molecule has 0 bridgehead atoms. The number of rotatable bonds is 4. The molecule has 0 saturated heterocycles. The summed E-state index contributed by atoms with van der Waals surface area (Å²) >= 11 is 0. The van der Waals surface area contributed by atoms with Gasteiger partial charge in [0.15, 0.2) is 11.5 Å². The Morgan fingerprint density at radius 3 is 2.42 bits per heavy atom. The molecule has 0 atom stereocenters. The van der Waals surface area contributed by atoms with Crippen molar-refractivity contribution in [3.05, 3.63) is 17.5 Å². The van der Waals surface area contributed by atoms with Crippen molar-refractivity contribution in [1.82, 2.24) is 4.98 Å². The smallest absolute Gasteiger partial charge is 0.503 e. The number of halogens is 5. The monoisotopic (exact) mass is 287 g/mol. The second-order valence-electron chi connectivity index (χ2n) is 3.25. The minimum Gasteiger partial charge on any atom is -0.503 e. The minimum absolute atomic E-state index is 0.408. The maximum Gasteiger partial charge on any atom is 0.573 e. The van der Waals surface area contributed by atoms with Crippen molar-refractivity contribution < 1.29 is 41.7 Å². The van der Waals surface area contributed by atoms with Gasteiger partial charge in [-0.15, -0.1) is 13.2 Å². The topological polar surface area (TPSA) is 79.7 Å². The molecule has 0 aliphatic heterocycles. The van der Waals surface area contributed by atoms with Gasteiger partial charge in [0.2, 0.25) is 0 Å². The van der Waals surface area contributed by atoms with Gasteiger partial charge < -0.3 is 14.9 Å². The zero-order valence-corrected chi connectivity index (χ0v) is 8.91. The lowest BCUT2D eigenvalue weighted by molar-refractivity contribution is -0.275. The molecular formula is C9H6F5NO4. The first kappa shape index (κ1) is 14.9. The van der Waals surface area contributed by atoms with Gasteiger partial charge in [-0.2, -0.15) is 0 Å². The van der Waals surface area contributed by atoms with Gasteiger partial charge in [0.05, 0.1) is 23.9 Å². The molecule has 2 N–H and O–H groups in total. The van der Waals surface area contributed by atoms with Crippen LogP contribution in [0.15, 0.2) is 6.20 Å². The van der Waals surface area contributed by atoms with E-state index in [2.05, 4.69) is 9.72 Å². The zero-order chi connectivity index (χ0) is 14.8. The fourth-order valence-corrected chi connectivity index (χ4v) is 1.27. The molecule has 0 saturated carbocycles. The van der Waals surface area contributed by atoms with Crippen molar-refractivity contribution in [2.24, 2.45) is 0 Å². The Balaban J connectivity index is 3.37. The fraction of sp³-hybridized carbons (Fsp3) is 0.333. The van der Waals surface area contributed by atoms with Crippen LogP contribution >= 0.6 is 0 Å². The fourth-order valence-electron chi connectivity index (χ4n) is 1.27. The number of ether oxygens (including phenoxy) is 1. The Morgan fingerprint density at radius 1 is 1.42 bits per heavy atom. The predicted octanol–water partition coefficient (Wildman–Crippen LogP) is 2.25. The summed E-state index contributed by atoms with van der Waals surface area (Å²) in [6.45, 7) is 0. The number of aliphatic carboxylic acids is 1. The molecule has 1 rings (SSSR count). The summed E-state index contributed by atoms with van der Waals surface area (Å²) in [6, 6.07) is 0. The van der Waals surface area contributed by atoms with E-state index in [0.717, 1.165) is 0 Å². The van der Waals surface area contributed by atoms with E-state index in [1.807, 2.05) is 0 Å². The second-order valence-corrected chi connectivity index (χ2v) is 3.25. The number of alkyl halides is 5. The van der Waals surface area contributed by atoms with E-state index in [4.69, 9.17) is 10.2 Å². The van der Waals surface area contributed by atoms with Gasteiger partial charge in [-0.3, -0.25) is 9.78 Å². The molecule has 0 aliphatic rings. The number of carbonyl (C=O) groups is 1. The Kier molecular flexibility index (Phi) is 4.12. The number of carboxylic acids is 1. The van der Waals surface area contributed by atoms with Gasteiger partial charge in [-0.05, 0) is 0 Å². The first-order valence-corrected chi connectivity index (χ1v) is 4.58. The zero-order valence-electron chi connectivity index (χ0n) is 8.91. The van der Waals surface area contributed by atoms with Gasteiger partial charge in [-0.25, -0.2) is 8.78 Å². The van der Waals surface area contributed by atoms with Gasteiger partial charge >= 0.3 is 12.3 Å². The van der Waals surface area contributed by atoms with Gasteiger partial charge in [0.25, 0.3) is 6.43 Å². The average Bonchev–Trinajstić information content (AvgIpc) is 2.19. The summed E-state index contributed by atoms with van der Waals surface area (Å²) in [6.07, 6.45) is -9.44. The summed E-state index contributed by atoms with van der Waals surface area (Å²) in [5.41, 5.74) is -2.22. The minimum atomic E-state index is -5.32. The van der Waals surface area contributed by atoms with E-state index < -0.39 is 47.9 Å². The molecule has 0 radical (unpaired) electrons. The van der Waals surface area contributed by atoms with Gasteiger partial charge in [0.1, 0.15) is 0 Å². The third-order valence-electron chi connectivity index (χ3n) is 1.89. The third-order valence-corrected chi connectivity index (χ3v) is 1.89. The number of pyridine rings is 1. The van der Waals surface area contributed by atoms with Crippen LogP contribution in [-0.2, 0) is 11.2 Å². The standard InChI is InChI=1S/C9H6F5NO4/c10-8(11)6-3(1-5(17)18)15-2-4(16)7(6)19-9(12,13)14/h2,8,16H,1H2,(H,17,18). The molecule has 5 nitrogen and oxygen atoms in total. The van der Waals surface area contributed by atoms with E-state index in [0.29, 0.717) is 6.20 Å². The summed E-state index contributed by atoms with van der Waals surface area (Å²) in [5.74, 6) is -4.38. The van der Waals surface area contributed by atoms with Gasteiger partial charge in [-0.1, -0.05) is 0 Å². The molecule has 1 aromatic rings. The van der Waals surface area contributed by atoms with Crippen LogP contribution in [0.5, 0.6) is 11.5 Å². The van der Waals surface area contributed by atoms with Crippen LogP contribution in [0, 0.1) is 0 Å². The van der Waals surface area contributed by atoms with Crippen molar-refractivity contribution in [3.63, 3.8) is 0 Å². The molecule has 0 aromatic carbocycles. The van der Waals surface area contributed by atoms with E-state index in [-0.39, 0.29) is 0 Å². The van der Waals surface area contributed by atoms with Crippen molar-refractivity contribution >= 4 is 5.97 Å². The Labute approximate surface area is 102 Å². The molecule has 10 heteroatoms. The number of aromatic hydroxyl groups is 1. The lowest BCUT2D eigenvalue weighted by Gasteiger charge is -2.16. The molecule has 19 heavy (non-hydrogen) atoms. The number of carboxylic acid groups (broad SMARTS) is 1. The number of hydrogen-bond donors (Lipinski definition) is 2. The molecule has 106 valence electrons.